The summed E-state index contributed by atoms with van der Waals surface area (Å²) in [7, 11) is 0. The molecule has 1 aromatic heterocycles. The average molecular weight is 446 g/mol. The molecule has 0 spiro atoms. The standard InChI is InChI=1S/C23H32ClN5O2/c1-18-14-19(26-31-18)16-27-10-12-28(13-11-27)17-23(30)25-15-22(29-8-4-5-9-29)20-6-2-3-7-21(20)24/h2-3,6-7,14,22H,4-5,8-13,15-17H2,1H3,(H,25,30)/t22-/m1/s1. The predicted octanol–water partition coefficient (Wildman–Crippen LogP) is 2.71. The van der Waals surface area contributed by atoms with Crippen LogP contribution in [-0.2, 0) is 11.3 Å². The molecule has 8 heteroatoms. The van der Waals surface area contributed by atoms with Crippen molar-refractivity contribution < 1.29 is 9.32 Å². The van der Waals surface area contributed by atoms with E-state index in [0.29, 0.717) is 13.1 Å². The Balaban J connectivity index is 1.25. The molecule has 1 aromatic carbocycles. The highest BCUT2D eigenvalue weighted by molar-refractivity contribution is 6.31. The van der Waals surface area contributed by atoms with Gasteiger partial charge in [-0.1, -0.05) is 35.0 Å². The lowest BCUT2D eigenvalue weighted by atomic mass is 10.1. The van der Waals surface area contributed by atoms with Gasteiger partial charge in [0.05, 0.1) is 18.3 Å². The van der Waals surface area contributed by atoms with E-state index in [1.165, 1.54) is 12.8 Å². The number of aryl methyl sites for hydroxylation is 1. The van der Waals surface area contributed by atoms with Crippen molar-refractivity contribution >= 4 is 17.5 Å². The number of amides is 1. The van der Waals surface area contributed by atoms with E-state index < -0.39 is 0 Å². The Morgan fingerprint density at radius 3 is 2.52 bits per heavy atom. The summed E-state index contributed by atoms with van der Waals surface area (Å²) in [5.41, 5.74) is 2.07. The Bertz CT molecular complexity index is 859. The topological polar surface area (TPSA) is 64.8 Å². The molecule has 2 aliphatic rings. The summed E-state index contributed by atoms with van der Waals surface area (Å²) in [4.78, 5) is 19.7. The minimum absolute atomic E-state index is 0.0804. The highest BCUT2D eigenvalue weighted by Crippen LogP contribution is 2.29. The summed E-state index contributed by atoms with van der Waals surface area (Å²) in [6, 6.07) is 10.1. The summed E-state index contributed by atoms with van der Waals surface area (Å²) in [5, 5.41) is 8.01. The van der Waals surface area contributed by atoms with E-state index in [1.54, 1.807) is 0 Å². The molecule has 2 aliphatic heterocycles. The summed E-state index contributed by atoms with van der Waals surface area (Å²) < 4.78 is 5.15. The number of hydrogen-bond donors (Lipinski definition) is 1. The van der Waals surface area contributed by atoms with Crippen LogP contribution in [0.15, 0.2) is 34.9 Å². The van der Waals surface area contributed by atoms with Gasteiger partial charge in [0.1, 0.15) is 5.76 Å². The molecule has 0 bridgehead atoms. The van der Waals surface area contributed by atoms with Crippen LogP contribution in [-0.4, -0.2) is 78.1 Å². The van der Waals surface area contributed by atoms with Crippen LogP contribution in [0, 0.1) is 6.92 Å². The van der Waals surface area contributed by atoms with Crippen molar-refractivity contribution in [1.82, 2.24) is 25.2 Å². The fraction of sp³-hybridized carbons (Fsp3) is 0.565. The highest BCUT2D eigenvalue weighted by Gasteiger charge is 2.26. The van der Waals surface area contributed by atoms with E-state index >= 15 is 0 Å². The maximum atomic E-state index is 12.7. The second kappa shape index (κ2) is 10.6. The minimum atomic E-state index is 0.0804. The van der Waals surface area contributed by atoms with Crippen molar-refractivity contribution in [1.29, 1.82) is 0 Å². The number of rotatable bonds is 8. The molecular formula is C23H32ClN5O2. The number of piperazine rings is 1. The van der Waals surface area contributed by atoms with Crippen LogP contribution in [0.3, 0.4) is 0 Å². The van der Waals surface area contributed by atoms with Crippen LogP contribution in [0.5, 0.6) is 0 Å². The third-order valence-corrected chi connectivity index (χ3v) is 6.58. The second-order valence-corrected chi connectivity index (χ2v) is 8.97. The lowest BCUT2D eigenvalue weighted by Gasteiger charge is -2.34. The van der Waals surface area contributed by atoms with Gasteiger partial charge in [-0.05, 0) is 44.5 Å². The van der Waals surface area contributed by atoms with E-state index in [4.69, 9.17) is 16.1 Å². The molecule has 0 radical (unpaired) electrons. The lowest BCUT2D eigenvalue weighted by Crippen LogP contribution is -2.49. The molecule has 1 amide bonds. The summed E-state index contributed by atoms with van der Waals surface area (Å²) in [6.07, 6.45) is 2.40. The predicted molar refractivity (Wildman–Crippen MR) is 121 cm³/mol. The van der Waals surface area contributed by atoms with Gasteiger partial charge in [-0.2, -0.15) is 0 Å². The lowest BCUT2D eigenvalue weighted by molar-refractivity contribution is -0.123. The summed E-state index contributed by atoms with van der Waals surface area (Å²) >= 11 is 6.48. The average Bonchev–Trinajstić information content (AvgIpc) is 3.43. The van der Waals surface area contributed by atoms with Gasteiger partial charge in [-0.15, -0.1) is 0 Å². The van der Waals surface area contributed by atoms with Gasteiger partial charge in [0.15, 0.2) is 0 Å². The quantitative estimate of drug-likeness (QED) is 0.674. The Morgan fingerprint density at radius 2 is 1.84 bits per heavy atom. The number of carbonyl (C=O) groups is 1. The Morgan fingerprint density at radius 1 is 1.13 bits per heavy atom. The molecule has 168 valence electrons. The molecule has 3 heterocycles. The zero-order valence-electron chi connectivity index (χ0n) is 18.2. The van der Waals surface area contributed by atoms with Crippen molar-refractivity contribution in [3.63, 3.8) is 0 Å². The molecule has 31 heavy (non-hydrogen) atoms. The van der Waals surface area contributed by atoms with Crippen molar-refractivity contribution in [3.05, 3.63) is 52.4 Å². The van der Waals surface area contributed by atoms with E-state index in [2.05, 4.69) is 31.2 Å². The number of likely N-dealkylation sites (tertiary alicyclic amines) is 1. The van der Waals surface area contributed by atoms with Gasteiger partial charge in [0.2, 0.25) is 5.91 Å². The van der Waals surface area contributed by atoms with Crippen molar-refractivity contribution in [2.75, 3.05) is 52.4 Å². The Labute approximate surface area is 189 Å². The first kappa shape index (κ1) is 22.3. The van der Waals surface area contributed by atoms with E-state index in [9.17, 15) is 4.79 Å². The summed E-state index contributed by atoms with van der Waals surface area (Å²) in [5.74, 6) is 0.922. The van der Waals surface area contributed by atoms with E-state index in [1.807, 2.05) is 31.2 Å². The Kier molecular flexibility index (Phi) is 7.61. The second-order valence-electron chi connectivity index (χ2n) is 8.57. The molecule has 4 rings (SSSR count). The fourth-order valence-electron chi connectivity index (χ4n) is 4.53. The van der Waals surface area contributed by atoms with Crippen LogP contribution in [0.2, 0.25) is 5.02 Å². The van der Waals surface area contributed by atoms with Crippen molar-refractivity contribution in [3.8, 4) is 0 Å². The van der Waals surface area contributed by atoms with Gasteiger partial charge in [0.25, 0.3) is 0 Å². The molecule has 1 atom stereocenters. The van der Waals surface area contributed by atoms with Gasteiger partial charge in [-0.25, -0.2) is 0 Å². The third kappa shape index (κ3) is 6.07. The van der Waals surface area contributed by atoms with Crippen molar-refractivity contribution in [2.45, 2.75) is 32.4 Å². The van der Waals surface area contributed by atoms with Gasteiger partial charge >= 0.3 is 0 Å². The first-order chi connectivity index (χ1) is 15.1. The molecule has 7 nitrogen and oxygen atoms in total. The molecule has 0 unspecified atom stereocenters. The third-order valence-electron chi connectivity index (χ3n) is 6.23. The monoisotopic (exact) mass is 445 g/mol. The maximum Gasteiger partial charge on any atom is 0.234 e. The molecule has 2 fully saturated rings. The molecule has 2 saturated heterocycles. The maximum absolute atomic E-state index is 12.7. The Hall–Kier alpha value is -1.93. The summed E-state index contributed by atoms with van der Waals surface area (Å²) in [6.45, 7) is 9.45. The number of benzene rings is 1. The fourth-order valence-corrected chi connectivity index (χ4v) is 4.79. The number of hydrogen-bond acceptors (Lipinski definition) is 6. The smallest absolute Gasteiger partial charge is 0.234 e. The zero-order chi connectivity index (χ0) is 21.6. The molecule has 1 N–H and O–H groups in total. The SMILES string of the molecule is Cc1cc(CN2CCN(CC(=O)NC[C@H](c3ccccc3Cl)N3CCCC3)CC2)no1. The molecular weight excluding hydrogens is 414 g/mol. The van der Waals surface area contributed by atoms with Crippen molar-refractivity contribution in [2.24, 2.45) is 0 Å². The van der Waals surface area contributed by atoms with Gasteiger partial charge in [0, 0.05) is 50.4 Å². The number of halogens is 1. The molecule has 0 aliphatic carbocycles. The molecule has 2 aromatic rings. The first-order valence-corrected chi connectivity index (χ1v) is 11.6. The molecule has 0 saturated carbocycles. The largest absolute Gasteiger partial charge is 0.361 e. The van der Waals surface area contributed by atoms with Crippen LogP contribution in [0.25, 0.3) is 0 Å². The normalized spacial score (nSPS) is 19.5. The van der Waals surface area contributed by atoms with Crippen LogP contribution < -0.4 is 5.32 Å². The number of aromatic nitrogens is 1. The number of carbonyl (C=O) groups excluding carboxylic acids is 1. The van der Waals surface area contributed by atoms with E-state index in [0.717, 1.165) is 67.9 Å². The van der Waals surface area contributed by atoms with Gasteiger partial charge in [-0.3, -0.25) is 19.5 Å². The van der Waals surface area contributed by atoms with Gasteiger partial charge < -0.3 is 9.84 Å². The minimum Gasteiger partial charge on any atom is -0.361 e. The number of nitrogens with zero attached hydrogens (tertiary/aromatic N) is 4. The van der Waals surface area contributed by atoms with Crippen LogP contribution >= 0.6 is 11.6 Å². The highest BCUT2D eigenvalue weighted by atomic mass is 35.5. The zero-order valence-corrected chi connectivity index (χ0v) is 19.0. The van der Waals surface area contributed by atoms with Crippen LogP contribution in [0.1, 0.15) is 35.9 Å². The van der Waals surface area contributed by atoms with Crippen LogP contribution in [0.4, 0.5) is 0 Å². The first-order valence-electron chi connectivity index (χ1n) is 11.2. The van der Waals surface area contributed by atoms with E-state index in [-0.39, 0.29) is 11.9 Å². The number of nitrogens with one attached hydrogen (secondary N) is 1.